The third-order valence-corrected chi connectivity index (χ3v) is 2.94. The van der Waals surface area contributed by atoms with E-state index in [1.165, 1.54) is 22.4 Å². The molecular weight excluding hydrogens is 195 g/mol. The van der Waals surface area contributed by atoms with Crippen LogP contribution >= 0.6 is 0 Å². The number of anilines is 2. The van der Waals surface area contributed by atoms with Crippen molar-refractivity contribution in [1.29, 1.82) is 0 Å². The molecule has 0 spiro atoms. The average Bonchev–Trinajstić information content (AvgIpc) is 2.73. The Morgan fingerprint density at radius 3 is 1.94 bits per heavy atom. The summed E-state index contributed by atoms with van der Waals surface area (Å²) in [5, 5.41) is 6.92. The number of nitrogens with one attached hydrogen (secondary N) is 2. The molecule has 16 heavy (non-hydrogen) atoms. The Morgan fingerprint density at radius 2 is 1.38 bits per heavy atom. The van der Waals surface area contributed by atoms with Crippen molar-refractivity contribution in [3.05, 3.63) is 54.1 Å². The minimum atomic E-state index is 0.193. The van der Waals surface area contributed by atoms with Gasteiger partial charge in [-0.3, -0.25) is 0 Å². The highest BCUT2D eigenvalue weighted by Gasteiger charge is 2.25. The summed E-state index contributed by atoms with van der Waals surface area (Å²) in [6.45, 7) is 2.30. The van der Waals surface area contributed by atoms with Gasteiger partial charge in [-0.2, -0.15) is 0 Å². The number of benzene rings is 2. The Bertz CT molecular complexity index is 483. The standard InChI is InChI=1S/C13H13BN2/c1-10-6-8-11(9-7-10)14-15-12-4-2-3-5-13(12)16-14/h2-9,15-16H,1H3. The van der Waals surface area contributed by atoms with Crippen LogP contribution in [-0.2, 0) is 0 Å². The Hall–Kier alpha value is -1.90. The third-order valence-electron chi connectivity index (χ3n) is 2.94. The number of aryl methyl sites for hydroxylation is 1. The number of para-hydroxylation sites is 2. The SMILES string of the molecule is Cc1ccc(B2Nc3ccccc3N2)cc1. The van der Waals surface area contributed by atoms with Crippen molar-refractivity contribution in [2.75, 3.05) is 10.5 Å². The van der Waals surface area contributed by atoms with E-state index in [9.17, 15) is 0 Å². The van der Waals surface area contributed by atoms with Gasteiger partial charge >= 0.3 is 6.98 Å². The molecule has 2 N–H and O–H groups in total. The first-order chi connectivity index (χ1) is 7.83. The van der Waals surface area contributed by atoms with Crippen LogP contribution in [-0.4, -0.2) is 6.98 Å². The largest absolute Gasteiger partial charge is 0.406 e. The molecule has 3 rings (SSSR count). The van der Waals surface area contributed by atoms with E-state index < -0.39 is 0 Å². The number of rotatable bonds is 1. The Labute approximate surface area is 95.8 Å². The highest BCUT2D eigenvalue weighted by molar-refractivity contribution is 6.80. The lowest BCUT2D eigenvalue weighted by atomic mass is 9.69. The van der Waals surface area contributed by atoms with E-state index in [2.05, 4.69) is 53.8 Å². The Morgan fingerprint density at radius 1 is 0.812 bits per heavy atom. The van der Waals surface area contributed by atoms with Crippen LogP contribution in [0.4, 0.5) is 11.4 Å². The molecule has 0 bridgehead atoms. The van der Waals surface area contributed by atoms with Crippen LogP contribution in [0.3, 0.4) is 0 Å². The third kappa shape index (κ3) is 1.54. The normalized spacial score (nSPS) is 12.9. The second-order valence-corrected chi connectivity index (χ2v) is 4.18. The second-order valence-electron chi connectivity index (χ2n) is 4.18. The van der Waals surface area contributed by atoms with Crippen LogP contribution < -0.4 is 15.9 Å². The molecule has 0 amide bonds. The van der Waals surface area contributed by atoms with Gasteiger partial charge in [0.25, 0.3) is 0 Å². The van der Waals surface area contributed by atoms with Crippen molar-refractivity contribution in [2.24, 2.45) is 0 Å². The summed E-state index contributed by atoms with van der Waals surface area (Å²) in [4.78, 5) is 0. The average molecular weight is 208 g/mol. The molecule has 3 heteroatoms. The molecule has 0 aliphatic carbocycles. The van der Waals surface area contributed by atoms with Crippen molar-refractivity contribution < 1.29 is 0 Å². The van der Waals surface area contributed by atoms with Crippen molar-refractivity contribution >= 4 is 23.8 Å². The highest BCUT2D eigenvalue weighted by Crippen LogP contribution is 2.26. The number of fused-ring (bicyclic) bond motifs is 1. The van der Waals surface area contributed by atoms with Crippen molar-refractivity contribution in [2.45, 2.75) is 6.92 Å². The van der Waals surface area contributed by atoms with Gasteiger partial charge in [-0.1, -0.05) is 42.0 Å². The fourth-order valence-corrected chi connectivity index (χ4v) is 2.01. The van der Waals surface area contributed by atoms with E-state index in [4.69, 9.17) is 0 Å². The van der Waals surface area contributed by atoms with E-state index in [0.717, 1.165) is 0 Å². The molecular formula is C13H13BN2. The molecule has 1 aliphatic heterocycles. The minimum absolute atomic E-state index is 0.193. The summed E-state index contributed by atoms with van der Waals surface area (Å²) in [6, 6.07) is 16.9. The second kappa shape index (κ2) is 3.60. The van der Waals surface area contributed by atoms with Gasteiger partial charge in [0.15, 0.2) is 0 Å². The van der Waals surface area contributed by atoms with Crippen LogP contribution in [0.1, 0.15) is 5.56 Å². The lowest BCUT2D eigenvalue weighted by Gasteiger charge is -2.07. The fraction of sp³-hybridized carbons (Fsp3) is 0.0769. The molecule has 2 aromatic carbocycles. The maximum Gasteiger partial charge on any atom is 0.406 e. The Kier molecular flexibility index (Phi) is 2.10. The predicted molar refractivity (Wildman–Crippen MR) is 70.3 cm³/mol. The summed E-state index contributed by atoms with van der Waals surface area (Å²) >= 11 is 0. The van der Waals surface area contributed by atoms with Crippen molar-refractivity contribution in [3.63, 3.8) is 0 Å². The van der Waals surface area contributed by atoms with Crippen LogP contribution in [0.5, 0.6) is 0 Å². The zero-order valence-electron chi connectivity index (χ0n) is 9.20. The number of hydrogen-bond donors (Lipinski definition) is 2. The van der Waals surface area contributed by atoms with E-state index in [-0.39, 0.29) is 6.98 Å². The van der Waals surface area contributed by atoms with Gasteiger partial charge in [0.1, 0.15) is 0 Å². The number of hydrogen-bond acceptors (Lipinski definition) is 2. The molecule has 0 saturated heterocycles. The molecule has 2 aromatic rings. The van der Waals surface area contributed by atoms with Gasteiger partial charge in [0.2, 0.25) is 0 Å². The zero-order valence-corrected chi connectivity index (χ0v) is 9.20. The first-order valence-corrected chi connectivity index (χ1v) is 5.51. The lowest BCUT2D eigenvalue weighted by molar-refractivity contribution is 1.49. The van der Waals surface area contributed by atoms with Gasteiger partial charge in [-0.15, -0.1) is 0 Å². The summed E-state index contributed by atoms with van der Waals surface area (Å²) in [5.74, 6) is 0. The molecule has 0 fully saturated rings. The molecule has 0 radical (unpaired) electrons. The van der Waals surface area contributed by atoms with E-state index in [0.29, 0.717) is 0 Å². The fourth-order valence-electron chi connectivity index (χ4n) is 2.01. The monoisotopic (exact) mass is 208 g/mol. The predicted octanol–water partition coefficient (Wildman–Crippen LogP) is 2.23. The first-order valence-electron chi connectivity index (χ1n) is 5.51. The van der Waals surface area contributed by atoms with Gasteiger partial charge < -0.3 is 10.5 Å². The van der Waals surface area contributed by atoms with Gasteiger partial charge in [0.05, 0.1) is 0 Å². The summed E-state index contributed by atoms with van der Waals surface area (Å²) < 4.78 is 0. The van der Waals surface area contributed by atoms with Crippen LogP contribution in [0.25, 0.3) is 0 Å². The molecule has 2 nitrogen and oxygen atoms in total. The molecule has 0 atom stereocenters. The summed E-state index contributed by atoms with van der Waals surface area (Å²) in [5.41, 5.74) is 4.90. The van der Waals surface area contributed by atoms with Crippen LogP contribution in [0.2, 0.25) is 0 Å². The molecule has 0 unspecified atom stereocenters. The van der Waals surface area contributed by atoms with E-state index in [1.54, 1.807) is 0 Å². The van der Waals surface area contributed by atoms with Gasteiger partial charge in [0, 0.05) is 11.4 Å². The quantitative estimate of drug-likeness (QED) is 0.702. The maximum atomic E-state index is 3.46. The summed E-state index contributed by atoms with van der Waals surface area (Å²) in [7, 11) is 0. The minimum Gasteiger partial charge on any atom is -0.404 e. The molecule has 0 aromatic heterocycles. The lowest BCUT2D eigenvalue weighted by Crippen LogP contribution is -2.41. The maximum absolute atomic E-state index is 3.46. The van der Waals surface area contributed by atoms with Crippen molar-refractivity contribution in [1.82, 2.24) is 0 Å². The molecule has 78 valence electrons. The summed E-state index contributed by atoms with van der Waals surface area (Å²) in [6.07, 6.45) is 0. The van der Waals surface area contributed by atoms with E-state index >= 15 is 0 Å². The highest BCUT2D eigenvalue weighted by atomic mass is 15.0. The van der Waals surface area contributed by atoms with Crippen molar-refractivity contribution in [3.8, 4) is 0 Å². The van der Waals surface area contributed by atoms with Gasteiger partial charge in [-0.05, 0) is 24.5 Å². The van der Waals surface area contributed by atoms with Crippen LogP contribution in [0, 0.1) is 6.92 Å². The zero-order chi connectivity index (χ0) is 11.0. The topological polar surface area (TPSA) is 24.1 Å². The molecule has 1 heterocycles. The van der Waals surface area contributed by atoms with Gasteiger partial charge in [-0.25, -0.2) is 0 Å². The molecule has 0 saturated carbocycles. The smallest absolute Gasteiger partial charge is 0.404 e. The van der Waals surface area contributed by atoms with Crippen LogP contribution in [0.15, 0.2) is 48.5 Å². The van der Waals surface area contributed by atoms with E-state index in [1.807, 2.05) is 12.1 Å². The molecule has 1 aliphatic rings. The Balaban J connectivity index is 1.88. The first kappa shape index (κ1) is 9.34.